The maximum atomic E-state index is 12.7. The molecule has 12 heteroatoms. The van der Waals surface area contributed by atoms with Crippen molar-refractivity contribution in [2.24, 2.45) is 11.8 Å². The Balaban J connectivity index is 1.66. The van der Waals surface area contributed by atoms with Gasteiger partial charge in [0.05, 0.1) is 44.5 Å². The molecule has 3 aromatic rings. The molecule has 0 aliphatic rings. The Kier molecular flexibility index (Phi) is 7.51. The standard InChI is InChI=1S/C22H25N7O5/c1-11(20(31)33-2)15(21(32)34-3)8-16(30)12-4-6-13(7-5-12)25-9-14-10-26-19-17(27-14)18(23)28-22(24)29-19/h4-7,10-11,15,25H,8-9H2,1-3H3,(H4,23,24,26,28,29). The number of hydrogen-bond acceptors (Lipinski definition) is 12. The number of nitrogen functional groups attached to an aromatic ring is 2. The number of hydrogen-bond donors (Lipinski definition) is 3. The monoisotopic (exact) mass is 467 g/mol. The highest BCUT2D eigenvalue weighted by atomic mass is 16.5. The number of anilines is 3. The lowest BCUT2D eigenvalue weighted by atomic mass is 9.87. The fourth-order valence-electron chi connectivity index (χ4n) is 3.32. The Morgan fingerprint density at radius 2 is 1.68 bits per heavy atom. The van der Waals surface area contributed by atoms with Crippen LogP contribution < -0.4 is 16.8 Å². The average Bonchev–Trinajstić information content (AvgIpc) is 2.84. The lowest BCUT2D eigenvalue weighted by molar-refractivity contribution is -0.156. The molecule has 12 nitrogen and oxygen atoms in total. The number of ketones is 1. The zero-order valence-corrected chi connectivity index (χ0v) is 18.9. The van der Waals surface area contributed by atoms with Crippen LogP contribution in [0.3, 0.4) is 0 Å². The summed E-state index contributed by atoms with van der Waals surface area (Å²) in [7, 11) is 2.43. The average molecular weight is 467 g/mol. The molecular formula is C22H25N7O5. The van der Waals surface area contributed by atoms with E-state index in [1.807, 2.05) is 0 Å². The molecule has 0 spiro atoms. The number of nitrogens with one attached hydrogen (secondary N) is 1. The van der Waals surface area contributed by atoms with Gasteiger partial charge in [0.2, 0.25) is 5.95 Å². The van der Waals surface area contributed by atoms with Crippen molar-refractivity contribution in [3.05, 3.63) is 41.7 Å². The molecule has 0 amide bonds. The SMILES string of the molecule is COC(=O)C(C)C(CC(=O)c1ccc(NCc2cnc3nc(N)nc(N)c3n2)cc1)C(=O)OC. The number of carbonyl (C=O) groups is 3. The van der Waals surface area contributed by atoms with Gasteiger partial charge < -0.3 is 26.3 Å². The van der Waals surface area contributed by atoms with Crippen LogP contribution in [0, 0.1) is 11.8 Å². The summed E-state index contributed by atoms with van der Waals surface area (Å²) >= 11 is 0. The van der Waals surface area contributed by atoms with E-state index in [9.17, 15) is 14.4 Å². The molecule has 0 aliphatic heterocycles. The van der Waals surface area contributed by atoms with Crippen molar-refractivity contribution in [3.63, 3.8) is 0 Å². The molecule has 0 saturated heterocycles. The molecule has 0 aliphatic carbocycles. The largest absolute Gasteiger partial charge is 0.469 e. The summed E-state index contributed by atoms with van der Waals surface area (Å²) in [5, 5.41) is 3.18. The third-order valence-corrected chi connectivity index (χ3v) is 5.27. The van der Waals surface area contributed by atoms with E-state index < -0.39 is 23.8 Å². The van der Waals surface area contributed by atoms with Gasteiger partial charge in [-0.15, -0.1) is 0 Å². The summed E-state index contributed by atoms with van der Waals surface area (Å²) in [5.41, 5.74) is 13.8. The van der Waals surface area contributed by atoms with E-state index in [1.165, 1.54) is 21.1 Å². The Labute approximate surface area is 195 Å². The lowest BCUT2D eigenvalue weighted by Gasteiger charge is -2.19. The quantitative estimate of drug-likeness (QED) is 0.303. The maximum Gasteiger partial charge on any atom is 0.309 e. The fraction of sp³-hybridized carbons (Fsp3) is 0.318. The van der Waals surface area contributed by atoms with E-state index in [0.29, 0.717) is 29.0 Å². The van der Waals surface area contributed by atoms with Crippen LogP contribution in [0.15, 0.2) is 30.5 Å². The van der Waals surface area contributed by atoms with Gasteiger partial charge in [0.25, 0.3) is 0 Å². The number of benzene rings is 1. The van der Waals surface area contributed by atoms with Crippen LogP contribution in [-0.2, 0) is 25.6 Å². The molecule has 34 heavy (non-hydrogen) atoms. The third kappa shape index (κ3) is 5.52. The lowest BCUT2D eigenvalue weighted by Crippen LogP contribution is -2.31. The molecule has 3 rings (SSSR count). The highest BCUT2D eigenvalue weighted by Crippen LogP contribution is 2.22. The number of ether oxygens (including phenoxy) is 2. The maximum absolute atomic E-state index is 12.7. The Bertz CT molecular complexity index is 1220. The van der Waals surface area contributed by atoms with Crippen molar-refractivity contribution in [3.8, 4) is 0 Å². The number of rotatable bonds is 9. The summed E-state index contributed by atoms with van der Waals surface area (Å²) in [4.78, 5) is 53.2. The van der Waals surface area contributed by atoms with Crippen molar-refractivity contribution in [2.75, 3.05) is 31.0 Å². The molecule has 2 atom stereocenters. The number of esters is 2. The van der Waals surface area contributed by atoms with Crippen molar-refractivity contribution in [2.45, 2.75) is 19.9 Å². The summed E-state index contributed by atoms with van der Waals surface area (Å²) in [5.74, 6) is -3.12. The van der Waals surface area contributed by atoms with Gasteiger partial charge in [0, 0.05) is 17.7 Å². The van der Waals surface area contributed by atoms with Gasteiger partial charge in [-0.1, -0.05) is 6.92 Å². The van der Waals surface area contributed by atoms with Gasteiger partial charge in [0.15, 0.2) is 22.8 Å². The zero-order valence-electron chi connectivity index (χ0n) is 18.9. The fourth-order valence-corrected chi connectivity index (χ4v) is 3.32. The van der Waals surface area contributed by atoms with Gasteiger partial charge in [0.1, 0.15) is 0 Å². The first-order valence-corrected chi connectivity index (χ1v) is 10.3. The van der Waals surface area contributed by atoms with E-state index in [4.69, 9.17) is 20.9 Å². The molecule has 0 radical (unpaired) electrons. The van der Waals surface area contributed by atoms with E-state index in [1.54, 1.807) is 30.5 Å². The normalized spacial score (nSPS) is 12.6. The summed E-state index contributed by atoms with van der Waals surface area (Å²) in [6.07, 6.45) is 1.37. The first-order valence-electron chi connectivity index (χ1n) is 10.3. The summed E-state index contributed by atoms with van der Waals surface area (Å²) < 4.78 is 9.45. The molecule has 2 unspecified atom stereocenters. The minimum Gasteiger partial charge on any atom is -0.469 e. The van der Waals surface area contributed by atoms with Gasteiger partial charge in [-0.2, -0.15) is 9.97 Å². The number of nitrogens with zero attached hydrogens (tertiary/aromatic N) is 4. The summed E-state index contributed by atoms with van der Waals surface area (Å²) in [6.45, 7) is 1.86. The highest BCUT2D eigenvalue weighted by molar-refractivity contribution is 5.99. The highest BCUT2D eigenvalue weighted by Gasteiger charge is 2.33. The van der Waals surface area contributed by atoms with Crippen LogP contribution in [-0.4, -0.2) is 51.9 Å². The Hall–Kier alpha value is -4.35. The van der Waals surface area contributed by atoms with Crippen LogP contribution in [0.25, 0.3) is 11.2 Å². The smallest absolute Gasteiger partial charge is 0.309 e. The minimum atomic E-state index is -0.944. The first-order chi connectivity index (χ1) is 16.2. The van der Waals surface area contributed by atoms with Gasteiger partial charge in [-0.05, 0) is 24.3 Å². The number of methoxy groups -OCH3 is 2. The molecule has 1 aromatic carbocycles. The topological polar surface area (TPSA) is 185 Å². The molecule has 2 heterocycles. The minimum absolute atomic E-state index is 0.0254. The number of nitrogens with two attached hydrogens (primary N) is 2. The van der Waals surface area contributed by atoms with Crippen molar-refractivity contribution < 1.29 is 23.9 Å². The van der Waals surface area contributed by atoms with E-state index in [2.05, 4.69) is 25.3 Å². The molecular weight excluding hydrogens is 442 g/mol. The Morgan fingerprint density at radius 1 is 1.00 bits per heavy atom. The number of fused-ring (bicyclic) bond motifs is 1. The number of Topliss-reactive ketones (excluding diaryl/α,β-unsaturated/α-hetero) is 1. The van der Waals surface area contributed by atoms with E-state index >= 15 is 0 Å². The van der Waals surface area contributed by atoms with E-state index in [0.717, 1.165) is 5.69 Å². The zero-order chi connectivity index (χ0) is 24.8. The second-order valence-corrected chi connectivity index (χ2v) is 7.50. The predicted molar refractivity (Wildman–Crippen MR) is 123 cm³/mol. The molecule has 178 valence electrons. The van der Waals surface area contributed by atoms with Gasteiger partial charge in [-0.3, -0.25) is 14.4 Å². The van der Waals surface area contributed by atoms with Gasteiger partial charge in [-0.25, -0.2) is 9.97 Å². The molecule has 0 bridgehead atoms. The third-order valence-electron chi connectivity index (χ3n) is 5.27. The molecule has 0 fully saturated rings. The van der Waals surface area contributed by atoms with Crippen LogP contribution in [0.1, 0.15) is 29.4 Å². The van der Waals surface area contributed by atoms with Gasteiger partial charge >= 0.3 is 11.9 Å². The van der Waals surface area contributed by atoms with Crippen molar-refractivity contribution in [1.29, 1.82) is 0 Å². The second kappa shape index (κ2) is 10.5. The summed E-state index contributed by atoms with van der Waals surface area (Å²) in [6, 6.07) is 6.69. The van der Waals surface area contributed by atoms with Crippen LogP contribution in [0.4, 0.5) is 17.5 Å². The molecule has 5 N–H and O–H groups in total. The van der Waals surface area contributed by atoms with Crippen LogP contribution in [0.2, 0.25) is 0 Å². The molecule has 2 aromatic heterocycles. The van der Waals surface area contributed by atoms with E-state index in [-0.39, 0.29) is 24.0 Å². The first kappa shape index (κ1) is 24.3. The number of aromatic nitrogens is 4. The Morgan fingerprint density at radius 3 is 2.32 bits per heavy atom. The van der Waals surface area contributed by atoms with Crippen molar-refractivity contribution in [1.82, 2.24) is 19.9 Å². The van der Waals surface area contributed by atoms with Crippen LogP contribution >= 0.6 is 0 Å². The molecule has 0 saturated carbocycles. The van der Waals surface area contributed by atoms with Crippen molar-refractivity contribution >= 4 is 46.3 Å². The number of carbonyl (C=O) groups excluding carboxylic acids is 3. The van der Waals surface area contributed by atoms with Crippen LogP contribution in [0.5, 0.6) is 0 Å². The second-order valence-electron chi connectivity index (χ2n) is 7.50. The predicted octanol–water partition coefficient (Wildman–Crippen LogP) is 1.37.